The molecule has 5 nitrogen and oxygen atoms in total. The van der Waals surface area contributed by atoms with Gasteiger partial charge in [-0.1, -0.05) is 49.4 Å². The van der Waals surface area contributed by atoms with Crippen molar-refractivity contribution in [1.82, 2.24) is 5.32 Å². The van der Waals surface area contributed by atoms with Crippen LogP contribution < -0.4 is 10.6 Å². The van der Waals surface area contributed by atoms with E-state index in [1.54, 1.807) is 12.1 Å². The molecule has 0 aliphatic heterocycles. The van der Waals surface area contributed by atoms with Gasteiger partial charge in [0, 0.05) is 22.7 Å². The Bertz CT molecular complexity index is 1220. The molecule has 1 unspecified atom stereocenters. The number of carbonyl (C=O) groups is 1. The van der Waals surface area contributed by atoms with E-state index in [-0.39, 0.29) is 17.4 Å². The van der Waals surface area contributed by atoms with E-state index in [1.807, 2.05) is 37.3 Å². The van der Waals surface area contributed by atoms with Crippen LogP contribution in [0.4, 0.5) is 5.69 Å². The van der Waals surface area contributed by atoms with E-state index in [4.69, 9.17) is 0 Å². The van der Waals surface area contributed by atoms with Gasteiger partial charge < -0.3 is 15.7 Å². The molecule has 1 atom stereocenters. The van der Waals surface area contributed by atoms with Crippen LogP contribution in [0.5, 0.6) is 5.75 Å². The van der Waals surface area contributed by atoms with Gasteiger partial charge in [-0.2, -0.15) is 5.26 Å². The minimum Gasteiger partial charge on any atom is -0.507 e. The molecule has 0 aromatic heterocycles. The maximum Gasteiger partial charge on any atom is 0.263 e. The third-order valence-electron chi connectivity index (χ3n) is 6.12. The number of nitrogens with zero attached hydrogens (tertiary/aromatic N) is 1. The molecule has 1 aliphatic carbocycles. The normalized spacial score (nSPS) is 14.3. The number of carbonyl (C=O) groups excluding carboxylic acids is 1. The molecule has 5 heteroatoms. The fraction of sp³-hybridized carbons (Fsp3) is 0.259. The van der Waals surface area contributed by atoms with Crippen LogP contribution in [0.1, 0.15) is 48.9 Å². The van der Waals surface area contributed by atoms with Gasteiger partial charge in [0.1, 0.15) is 17.4 Å². The average molecular weight is 426 g/mol. The SMILES string of the molecule is CCC(NC(=O)/C(C#N)=C\Nc1cccc2c(O)cccc12)c1ccc2c(c1)CCCC2. The molecule has 3 aromatic carbocycles. The lowest BCUT2D eigenvalue weighted by molar-refractivity contribution is -0.117. The highest BCUT2D eigenvalue weighted by Crippen LogP contribution is 2.30. The standard InChI is InChI=1S/C27H27N3O2/c1-2-24(20-14-13-18-7-3-4-8-19(18)15-20)30-27(32)21(16-28)17-29-25-11-5-10-23-22(25)9-6-12-26(23)31/h5-6,9-15,17,24,29,31H,2-4,7-8H2,1H3,(H,30,32)/b21-17-. The first-order valence-electron chi connectivity index (χ1n) is 11.1. The molecule has 3 aromatic rings. The minimum absolute atomic E-state index is 0.00133. The lowest BCUT2D eigenvalue weighted by Crippen LogP contribution is -2.29. The van der Waals surface area contributed by atoms with Crippen LogP contribution in [0.2, 0.25) is 0 Å². The van der Waals surface area contributed by atoms with Gasteiger partial charge in [-0.15, -0.1) is 0 Å². The quantitative estimate of drug-likeness (QED) is 0.359. The zero-order valence-corrected chi connectivity index (χ0v) is 18.2. The molecular formula is C27H27N3O2. The second-order valence-corrected chi connectivity index (χ2v) is 8.16. The largest absolute Gasteiger partial charge is 0.507 e. The number of phenolic OH excluding ortho intramolecular Hbond substituents is 1. The Labute approximate surface area is 188 Å². The van der Waals surface area contributed by atoms with Crippen molar-refractivity contribution >= 4 is 22.4 Å². The Morgan fingerprint density at radius 1 is 1.09 bits per heavy atom. The van der Waals surface area contributed by atoms with Gasteiger partial charge in [-0.25, -0.2) is 0 Å². The smallest absolute Gasteiger partial charge is 0.263 e. The summed E-state index contributed by atoms with van der Waals surface area (Å²) in [5.74, 6) is -0.225. The van der Waals surface area contributed by atoms with E-state index < -0.39 is 5.91 Å². The van der Waals surface area contributed by atoms with Gasteiger partial charge in [0.15, 0.2) is 0 Å². The van der Waals surface area contributed by atoms with E-state index in [0.29, 0.717) is 11.1 Å². The van der Waals surface area contributed by atoms with Crippen molar-refractivity contribution < 1.29 is 9.90 Å². The van der Waals surface area contributed by atoms with Crippen molar-refractivity contribution in [3.05, 3.63) is 83.1 Å². The number of benzene rings is 3. The van der Waals surface area contributed by atoms with Crippen molar-refractivity contribution in [3.63, 3.8) is 0 Å². The predicted molar refractivity (Wildman–Crippen MR) is 127 cm³/mol. The first-order chi connectivity index (χ1) is 15.6. The number of nitriles is 1. The second-order valence-electron chi connectivity index (χ2n) is 8.16. The maximum atomic E-state index is 12.9. The molecule has 0 fully saturated rings. The first-order valence-corrected chi connectivity index (χ1v) is 11.1. The molecule has 4 rings (SSSR count). The lowest BCUT2D eigenvalue weighted by atomic mass is 9.88. The number of nitrogens with one attached hydrogen (secondary N) is 2. The van der Waals surface area contributed by atoms with Gasteiger partial charge in [0.2, 0.25) is 0 Å². The third-order valence-corrected chi connectivity index (χ3v) is 6.12. The van der Waals surface area contributed by atoms with Crippen molar-refractivity contribution in [2.75, 3.05) is 5.32 Å². The minimum atomic E-state index is -0.410. The molecule has 3 N–H and O–H groups in total. The summed E-state index contributed by atoms with van der Waals surface area (Å²) in [5, 5.41) is 27.2. The predicted octanol–water partition coefficient (Wildman–Crippen LogP) is 5.51. The zero-order valence-electron chi connectivity index (χ0n) is 18.2. The topological polar surface area (TPSA) is 85.2 Å². The van der Waals surface area contributed by atoms with Crippen LogP contribution in [0.15, 0.2) is 66.4 Å². The van der Waals surface area contributed by atoms with Crippen LogP contribution in [0, 0.1) is 11.3 Å². The highest BCUT2D eigenvalue weighted by molar-refractivity contribution is 6.00. The Kier molecular flexibility index (Phi) is 6.42. The van der Waals surface area contributed by atoms with Gasteiger partial charge in [-0.3, -0.25) is 4.79 Å². The molecule has 0 saturated carbocycles. The van der Waals surface area contributed by atoms with Crippen LogP contribution in [-0.4, -0.2) is 11.0 Å². The molecule has 1 amide bonds. The van der Waals surface area contributed by atoms with E-state index in [1.165, 1.54) is 30.2 Å². The Morgan fingerprint density at radius 3 is 2.62 bits per heavy atom. The number of aryl methyl sites for hydroxylation is 2. The summed E-state index contributed by atoms with van der Waals surface area (Å²) >= 11 is 0. The van der Waals surface area contributed by atoms with Gasteiger partial charge in [0.05, 0.1) is 6.04 Å². The third kappa shape index (κ3) is 4.45. The molecular weight excluding hydrogens is 398 g/mol. The first kappa shape index (κ1) is 21.5. The second kappa shape index (κ2) is 9.57. The van der Waals surface area contributed by atoms with Crippen LogP contribution >= 0.6 is 0 Å². The monoisotopic (exact) mass is 425 g/mol. The number of phenols is 1. The summed E-state index contributed by atoms with van der Waals surface area (Å²) < 4.78 is 0. The Hall–Kier alpha value is -3.78. The fourth-order valence-electron chi connectivity index (χ4n) is 4.34. The number of rotatable bonds is 6. The van der Waals surface area contributed by atoms with Gasteiger partial charge in [0.25, 0.3) is 5.91 Å². The Morgan fingerprint density at radius 2 is 1.84 bits per heavy atom. The number of aromatic hydroxyl groups is 1. The van der Waals surface area contributed by atoms with E-state index in [0.717, 1.165) is 30.2 Å². The summed E-state index contributed by atoms with van der Waals surface area (Å²) in [6, 6.07) is 19.1. The van der Waals surface area contributed by atoms with Crippen LogP contribution in [0.3, 0.4) is 0 Å². The molecule has 32 heavy (non-hydrogen) atoms. The number of fused-ring (bicyclic) bond motifs is 2. The van der Waals surface area contributed by atoms with Gasteiger partial charge >= 0.3 is 0 Å². The van der Waals surface area contributed by atoms with Crippen molar-refractivity contribution in [3.8, 4) is 11.8 Å². The number of hydrogen-bond donors (Lipinski definition) is 3. The summed E-state index contributed by atoms with van der Waals surface area (Å²) in [5.41, 5.74) is 4.57. The fourth-order valence-corrected chi connectivity index (χ4v) is 4.34. The summed E-state index contributed by atoms with van der Waals surface area (Å²) in [6.07, 6.45) is 6.81. The van der Waals surface area contributed by atoms with Crippen LogP contribution in [-0.2, 0) is 17.6 Å². The average Bonchev–Trinajstić information content (AvgIpc) is 2.83. The highest BCUT2D eigenvalue weighted by Gasteiger charge is 2.18. The van der Waals surface area contributed by atoms with Crippen molar-refractivity contribution in [2.24, 2.45) is 0 Å². The molecule has 0 spiro atoms. The summed E-state index contributed by atoms with van der Waals surface area (Å²) in [7, 11) is 0. The molecule has 0 radical (unpaired) electrons. The van der Waals surface area contributed by atoms with Crippen LogP contribution in [0.25, 0.3) is 10.8 Å². The molecule has 0 bridgehead atoms. The number of hydrogen-bond acceptors (Lipinski definition) is 4. The number of amides is 1. The van der Waals surface area contributed by atoms with E-state index in [2.05, 4.69) is 28.8 Å². The van der Waals surface area contributed by atoms with E-state index >= 15 is 0 Å². The highest BCUT2D eigenvalue weighted by atomic mass is 16.3. The van der Waals surface area contributed by atoms with Crippen molar-refractivity contribution in [1.29, 1.82) is 5.26 Å². The number of anilines is 1. The van der Waals surface area contributed by atoms with Crippen molar-refractivity contribution in [2.45, 2.75) is 45.1 Å². The molecule has 0 heterocycles. The summed E-state index contributed by atoms with van der Waals surface area (Å²) in [6.45, 7) is 2.03. The lowest BCUT2D eigenvalue weighted by Gasteiger charge is -2.21. The Balaban J connectivity index is 1.52. The summed E-state index contributed by atoms with van der Waals surface area (Å²) in [4.78, 5) is 12.9. The maximum absolute atomic E-state index is 12.9. The molecule has 1 aliphatic rings. The molecule has 162 valence electrons. The zero-order chi connectivity index (χ0) is 22.5. The van der Waals surface area contributed by atoms with E-state index in [9.17, 15) is 15.2 Å². The molecule has 0 saturated heterocycles. The van der Waals surface area contributed by atoms with Gasteiger partial charge in [-0.05, 0) is 60.9 Å².